The van der Waals surface area contributed by atoms with E-state index in [0.29, 0.717) is 13.1 Å². The van der Waals surface area contributed by atoms with Crippen LogP contribution in [-0.4, -0.2) is 55.5 Å². The summed E-state index contributed by atoms with van der Waals surface area (Å²) < 4.78 is 26.6. The summed E-state index contributed by atoms with van der Waals surface area (Å²) in [6, 6.07) is 19.6. The maximum Gasteiger partial charge on any atom is 0.317 e. The van der Waals surface area contributed by atoms with Crippen LogP contribution in [0.3, 0.4) is 0 Å². The van der Waals surface area contributed by atoms with Crippen molar-refractivity contribution >= 4 is 16.1 Å². The molecular formula is C22H27N5O3S. The average Bonchev–Trinajstić information content (AvgIpc) is 3.15. The van der Waals surface area contributed by atoms with E-state index in [1.807, 2.05) is 71.5 Å². The molecule has 3 aromatic rings. The van der Waals surface area contributed by atoms with Gasteiger partial charge in [-0.2, -0.15) is 5.10 Å². The average molecular weight is 442 g/mol. The molecule has 164 valence electrons. The van der Waals surface area contributed by atoms with Gasteiger partial charge in [0.2, 0.25) is 10.0 Å². The molecule has 2 aromatic carbocycles. The fourth-order valence-electron chi connectivity index (χ4n) is 3.09. The quantitative estimate of drug-likeness (QED) is 0.533. The zero-order valence-electron chi connectivity index (χ0n) is 17.7. The van der Waals surface area contributed by atoms with Gasteiger partial charge in [-0.05, 0) is 5.56 Å². The van der Waals surface area contributed by atoms with Gasteiger partial charge in [0, 0.05) is 44.0 Å². The predicted molar refractivity (Wildman–Crippen MR) is 121 cm³/mol. The number of hydrogen-bond donors (Lipinski definition) is 2. The largest absolute Gasteiger partial charge is 0.334 e. The van der Waals surface area contributed by atoms with E-state index in [9.17, 15) is 13.2 Å². The number of benzene rings is 2. The molecule has 0 unspecified atom stereocenters. The minimum absolute atomic E-state index is 0.160. The van der Waals surface area contributed by atoms with Crippen LogP contribution in [0.15, 0.2) is 66.9 Å². The first-order valence-electron chi connectivity index (χ1n) is 9.91. The molecule has 0 aliphatic rings. The van der Waals surface area contributed by atoms with Gasteiger partial charge in [0.25, 0.3) is 0 Å². The van der Waals surface area contributed by atoms with Crippen molar-refractivity contribution in [1.29, 1.82) is 0 Å². The first kappa shape index (κ1) is 22.5. The van der Waals surface area contributed by atoms with Gasteiger partial charge < -0.3 is 10.2 Å². The van der Waals surface area contributed by atoms with Gasteiger partial charge in [-0.25, -0.2) is 17.9 Å². The summed E-state index contributed by atoms with van der Waals surface area (Å²) in [4.78, 5) is 13.9. The number of likely N-dealkylation sites (N-methyl/N-ethyl adjacent to an activating group) is 1. The third-order valence-electron chi connectivity index (χ3n) is 4.66. The summed E-state index contributed by atoms with van der Waals surface area (Å²) in [6.07, 6.45) is 3.03. The van der Waals surface area contributed by atoms with Crippen molar-refractivity contribution in [2.24, 2.45) is 0 Å². The summed E-state index contributed by atoms with van der Waals surface area (Å²) >= 11 is 0. The molecule has 9 heteroatoms. The molecule has 0 saturated heterocycles. The third kappa shape index (κ3) is 6.94. The summed E-state index contributed by atoms with van der Waals surface area (Å²) in [5.74, 6) is 0. The predicted octanol–water partition coefficient (Wildman–Crippen LogP) is 2.29. The number of carbonyl (C=O) groups excluding carboxylic acids is 1. The van der Waals surface area contributed by atoms with Gasteiger partial charge in [-0.15, -0.1) is 0 Å². The standard InChI is InChI=1S/C22H27N5O3S/c1-26(14-13-24-31(2,29)30)22(28)23-15-20-17-27(16-18-9-5-3-6-10-18)25-21(20)19-11-7-4-8-12-19/h3-12,17,24H,13-16H2,1-2H3,(H,23,28). The lowest BCUT2D eigenvalue weighted by molar-refractivity contribution is 0.209. The third-order valence-corrected chi connectivity index (χ3v) is 5.39. The highest BCUT2D eigenvalue weighted by Crippen LogP contribution is 2.22. The molecule has 2 amide bonds. The number of carbonyl (C=O) groups is 1. The van der Waals surface area contributed by atoms with Crippen molar-refractivity contribution in [2.45, 2.75) is 13.1 Å². The molecule has 0 saturated carbocycles. The van der Waals surface area contributed by atoms with E-state index in [0.717, 1.165) is 28.6 Å². The van der Waals surface area contributed by atoms with E-state index in [-0.39, 0.29) is 19.1 Å². The fourth-order valence-corrected chi connectivity index (χ4v) is 3.55. The van der Waals surface area contributed by atoms with Crippen molar-refractivity contribution in [3.8, 4) is 11.3 Å². The number of sulfonamides is 1. The Kier molecular flexibility index (Phi) is 7.43. The normalized spacial score (nSPS) is 11.3. The number of urea groups is 1. The Balaban J connectivity index is 1.69. The molecule has 3 rings (SSSR count). The van der Waals surface area contributed by atoms with Crippen molar-refractivity contribution in [2.75, 3.05) is 26.4 Å². The number of nitrogens with one attached hydrogen (secondary N) is 2. The van der Waals surface area contributed by atoms with Gasteiger partial charge in [0.1, 0.15) is 0 Å². The highest BCUT2D eigenvalue weighted by molar-refractivity contribution is 7.88. The molecular weight excluding hydrogens is 414 g/mol. The monoisotopic (exact) mass is 441 g/mol. The maximum atomic E-state index is 12.4. The minimum Gasteiger partial charge on any atom is -0.334 e. The van der Waals surface area contributed by atoms with Gasteiger partial charge >= 0.3 is 6.03 Å². The second-order valence-electron chi connectivity index (χ2n) is 7.30. The summed E-state index contributed by atoms with van der Waals surface area (Å²) in [5.41, 5.74) is 3.83. The van der Waals surface area contributed by atoms with E-state index in [1.54, 1.807) is 7.05 Å². The number of amides is 2. The highest BCUT2D eigenvalue weighted by Gasteiger charge is 2.14. The van der Waals surface area contributed by atoms with Gasteiger partial charge in [0.05, 0.1) is 18.5 Å². The zero-order chi connectivity index (χ0) is 22.3. The van der Waals surface area contributed by atoms with Crippen LogP contribution in [0.2, 0.25) is 0 Å². The first-order valence-corrected chi connectivity index (χ1v) is 11.8. The van der Waals surface area contributed by atoms with Crippen LogP contribution >= 0.6 is 0 Å². The van der Waals surface area contributed by atoms with Crippen LogP contribution in [0, 0.1) is 0 Å². The Bertz CT molecular complexity index is 1100. The Morgan fingerprint density at radius 3 is 2.35 bits per heavy atom. The zero-order valence-corrected chi connectivity index (χ0v) is 18.5. The molecule has 8 nitrogen and oxygen atoms in total. The van der Waals surface area contributed by atoms with Crippen molar-refractivity contribution in [3.63, 3.8) is 0 Å². The second kappa shape index (κ2) is 10.2. The lowest BCUT2D eigenvalue weighted by Gasteiger charge is -2.18. The molecule has 0 spiro atoms. The van der Waals surface area contributed by atoms with Crippen molar-refractivity contribution in [1.82, 2.24) is 24.7 Å². The summed E-state index contributed by atoms with van der Waals surface area (Å²) in [6.45, 7) is 1.36. The van der Waals surface area contributed by atoms with Crippen LogP contribution in [0.1, 0.15) is 11.1 Å². The van der Waals surface area contributed by atoms with Gasteiger partial charge in [-0.3, -0.25) is 4.68 Å². The Morgan fingerprint density at radius 1 is 1.06 bits per heavy atom. The summed E-state index contributed by atoms with van der Waals surface area (Å²) in [7, 11) is -1.66. The Morgan fingerprint density at radius 2 is 1.71 bits per heavy atom. The molecule has 2 N–H and O–H groups in total. The molecule has 0 fully saturated rings. The van der Waals surface area contributed by atoms with Crippen molar-refractivity contribution in [3.05, 3.63) is 78.0 Å². The number of hydrogen-bond acceptors (Lipinski definition) is 4. The van der Waals surface area contributed by atoms with Crippen LogP contribution in [0.5, 0.6) is 0 Å². The maximum absolute atomic E-state index is 12.4. The SMILES string of the molecule is CN(CCNS(C)(=O)=O)C(=O)NCc1cn(Cc2ccccc2)nc1-c1ccccc1. The van der Waals surface area contributed by atoms with E-state index in [2.05, 4.69) is 10.0 Å². The smallest absolute Gasteiger partial charge is 0.317 e. The molecule has 0 bridgehead atoms. The molecule has 1 heterocycles. The molecule has 0 atom stereocenters. The summed E-state index contributed by atoms with van der Waals surface area (Å²) in [5, 5.41) is 7.64. The van der Waals surface area contributed by atoms with Crippen LogP contribution in [0.4, 0.5) is 4.79 Å². The van der Waals surface area contributed by atoms with E-state index >= 15 is 0 Å². The Labute approximate surface area is 182 Å². The number of aromatic nitrogens is 2. The lowest BCUT2D eigenvalue weighted by Crippen LogP contribution is -2.41. The molecule has 1 aromatic heterocycles. The Hall–Kier alpha value is -3.17. The topological polar surface area (TPSA) is 96.3 Å². The second-order valence-corrected chi connectivity index (χ2v) is 9.13. The first-order chi connectivity index (χ1) is 14.8. The van der Waals surface area contributed by atoms with Crippen molar-refractivity contribution < 1.29 is 13.2 Å². The number of nitrogens with zero attached hydrogens (tertiary/aromatic N) is 3. The highest BCUT2D eigenvalue weighted by atomic mass is 32.2. The van der Waals surface area contributed by atoms with Gasteiger partial charge in [0.15, 0.2) is 0 Å². The molecule has 0 aliphatic carbocycles. The van der Waals surface area contributed by atoms with E-state index in [1.165, 1.54) is 4.90 Å². The minimum atomic E-state index is -3.28. The van der Waals surface area contributed by atoms with E-state index in [4.69, 9.17) is 5.10 Å². The van der Waals surface area contributed by atoms with E-state index < -0.39 is 10.0 Å². The van der Waals surface area contributed by atoms with Crippen LogP contribution < -0.4 is 10.0 Å². The number of rotatable bonds is 9. The van der Waals surface area contributed by atoms with Crippen LogP contribution in [0.25, 0.3) is 11.3 Å². The fraction of sp³-hybridized carbons (Fsp3) is 0.273. The molecule has 0 aliphatic heterocycles. The molecule has 31 heavy (non-hydrogen) atoms. The van der Waals surface area contributed by atoms with Crippen LogP contribution in [-0.2, 0) is 23.1 Å². The lowest BCUT2D eigenvalue weighted by atomic mass is 10.1. The molecule has 0 radical (unpaired) electrons. The van der Waals surface area contributed by atoms with Gasteiger partial charge in [-0.1, -0.05) is 60.7 Å².